The standard InChI is InChI=1S/C19H30N6/c1-5-25(6-2)15-17-10-8-7-9-16(17)13-21-19(20-3)22-14-18-11-12-23-24(18)4/h7-12H,5-6,13-15H2,1-4H3,(H2,20,21,22). The maximum atomic E-state index is 4.31. The number of benzene rings is 1. The van der Waals surface area contributed by atoms with E-state index in [-0.39, 0.29) is 0 Å². The van der Waals surface area contributed by atoms with Crippen molar-refractivity contribution in [2.75, 3.05) is 20.1 Å². The maximum Gasteiger partial charge on any atom is 0.191 e. The fourth-order valence-corrected chi connectivity index (χ4v) is 2.72. The van der Waals surface area contributed by atoms with Gasteiger partial charge in [0, 0.05) is 33.4 Å². The van der Waals surface area contributed by atoms with Crippen molar-refractivity contribution in [3.63, 3.8) is 0 Å². The van der Waals surface area contributed by atoms with Gasteiger partial charge in [-0.25, -0.2) is 0 Å². The second kappa shape index (κ2) is 9.84. The van der Waals surface area contributed by atoms with Crippen LogP contribution in [0.2, 0.25) is 0 Å². The van der Waals surface area contributed by atoms with Crippen LogP contribution in [0.25, 0.3) is 0 Å². The minimum absolute atomic E-state index is 0.692. The lowest BCUT2D eigenvalue weighted by molar-refractivity contribution is 0.295. The molecule has 136 valence electrons. The molecule has 0 spiro atoms. The minimum atomic E-state index is 0.692. The Morgan fingerprint density at radius 1 is 1.08 bits per heavy atom. The van der Waals surface area contributed by atoms with Gasteiger partial charge in [0.15, 0.2) is 5.96 Å². The molecule has 25 heavy (non-hydrogen) atoms. The zero-order chi connectivity index (χ0) is 18.1. The molecule has 0 fully saturated rings. The van der Waals surface area contributed by atoms with Crippen molar-refractivity contribution in [2.24, 2.45) is 12.0 Å². The van der Waals surface area contributed by atoms with E-state index in [1.807, 2.05) is 17.8 Å². The Kier molecular flexibility index (Phi) is 7.47. The number of aryl methyl sites for hydroxylation is 1. The molecule has 0 aliphatic rings. The highest BCUT2D eigenvalue weighted by molar-refractivity contribution is 5.79. The molecular formula is C19H30N6. The highest BCUT2D eigenvalue weighted by Crippen LogP contribution is 2.11. The predicted octanol–water partition coefficient (Wildman–Crippen LogP) is 2.13. The van der Waals surface area contributed by atoms with Gasteiger partial charge in [0.05, 0.1) is 12.2 Å². The Labute approximate surface area is 151 Å². The Morgan fingerprint density at radius 3 is 2.36 bits per heavy atom. The lowest BCUT2D eigenvalue weighted by Gasteiger charge is -2.20. The lowest BCUT2D eigenvalue weighted by atomic mass is 10.1. The number of hydrogen-bond acceptors (Lipinski definition) is 3. The first-order chi connectivity index (χ1) is 12.2. The Balaban J connectivity index is 1.94. The van der Waals surface area contributed by atoms with Crippen LogP contribution in [-0.4, -0.2) is 40.8 Å². The molecule has 0 saturated heterocycles. The van der Waals surface area contributed by atoms with Gasteiger partial charge in [-0.3, -0.25) is 14.6 Å². The molecule has 0 amide bonds. The first-order valence-corrected chi connectivity index (χ1v) is 8.88. The van der Waals surface area contributed by atoms with Crippen molar-refractivity contribution in [3.05, 3.63) is 53.3 Å². The normalized spacial score (nSPS) is 11.8. The van der Waals surface area contributed by atoms with E-state index < -0.39 is 0 Å². The molecule has 6 heteroatoms. The molecule has 0 saturated carbocycles. The van der Waals surface area contributed by atoms with Gasteiger partial charge < -0.3 is 10.6 Å². The second-order valence-electron chi connectivity index (χ2n) is 5.96. The van der Waals surface area contributed by atoms with Gasteiger partial charge in [0.25, 0.3) is 0 Å². The molecule has 0 bridgehead atoms. The molecule has 0 atom stereocenters. The summed E-state index contributed by atoms with van der Waals surface area (Å²) in [4.78, 5) is 6.73. The van der Waals surface area contributed by atoms with E-state index in [4.69, 9.17) is 0 Å². The summed E-state index contributed by atoms with van der Waals surface area (Å²) < 4.78 is 1.86. The van der Waals surface area contributed by atoms with Crippen LogP contribution in [0, 0.1) is 0 Å². The summed E-state index contributed by atoms with van der Waals surface area (Å²) in [6.45, 7) is 8.95. The first kappa shape index (κ1) is 19.0. The maximum absolute atomic E-state index is 4.31. The number of hydrogen-bond donors (Lipinski definition) is 2. The molecule has 0 aliphatic carbocycles. The topological polar surface area (TPSA) is 57.5 Å². The van der Waals surface area contributed by atoms with Crippen LogP contribution in [0.1, 0.15) is 30.7 Å². The minimum Gasteiger partial charge on any atom is -0.352 e. The Bertz CT molecular complexity index is 672. The number of nitrogens with zero attached hydrogens (tertiary/aromatic N) is 4. The van der Waals surface area contributed by atoms with Crippen LogP contribution < -0.4 is 10.6 Å². The van der Waals surface area contributed by atoms with Crippen LogP contribution in [0.5, 0.6) is 0 Å². The number of rotatable bonds is 8. The largest absolute Gasteiger partial charge is 0.352 e. The molecule has 1 aromatic heterocycles. The summed E-state index contributed by atoms with van der Waals surface area (Å²) >= 11 is 0. The fourth-order valence-electron chi connectivity index (χ4n) is 2.72. The van der Waals surface area contributed by atoms with E-state index in [0.29, 0.717) is 6.54 Å². The quantitative estimate of drug-likeness (QED) is 0.570. The van der Waals surface area contributed by atoms with E-state index >= 15 is 0 Å². The van der Waals surface area contributed by atoms with Gasteiger partial charge in [0.1, 0.15) is 0 Å². The number of aromatic nitrogens is 2. The molecule has 0 radical (unpaired) electrons. The molecule has 2 rings (SSSR count). The van der Waals surface area contributed by atoms with Gasteiger partial charge in [-0.2, -0.15) is 5.10 Å². The third-order valence-corrected chi connectivity index (χ3v) is 4.44. The van der Waals surface area contributed by atoms with Crippen LogP contribution in [0.4, 0.5) is 0 Å². The van der Waals surface area contributed by atoms with Crippen molar-refractivity contribution >= 4 is 5.96 Å². The Morgan fingerprint density at radius 2 is 1.76 bits per heavy atom. The highest BCUT2D eigenvalue weighted by atomic mass is 15.3. The summed E-state index contributed by atoms with van der Waals surface area (Å²) in [5, 5.41) is 10.9. The monoisotopic (exact) mass is 342 g/mol. The number of guanidine groups is 1. The summed E-state index contributed by atoms with van der Waals surface area (Å²) in [5.41, 5.74) is 3.78. The van der Waals surface area contributed by atoms with Gasteiger partial charge in [-0.05, 0) is 30.3 Å². The molecule has 0 aliphatic heterocycles. The van der Waals surface area contributed by atoms with Crippen molar-refractivity contribution in [1.29, 1.82) is 0 Å². The van der Waals surface area contributed by atoms with Crippen molar-refractivity contribution in [2.45, 2.75) is 33.5 Å². The van der Waals surface area contributed by atoms with Gasteiger partial charge in [-0.15, -0.1) is 0 Å². The van der Waals surface area contributed by atoms with Crippen LogP contribution >= 0.6 is 0 Å². The van der Waals surface area contributed by atoms with Crippen molar-refractivity contribution in [1.82, 2.24) is 25.3 Å². The molecule has 2 N–H and O–H groups in total. The predicted molar refractivity (Wildman–Crippen MR) is 103 cm³/mol. The van der Waals surface area contributed by atoms with Crippen LogP contribution in [-0.2, 0) is 26.7 Å². The number of nitrogens with one attached hydrogen (secondary N) is 2. The second-order valence-corrected chi connectivity index (χ2v) is 5.96. The van der Waals surface area contributed by atoms with E-state index in [9.17, 15) is 0 Å². The zero-order valence-electron chi connectivity index (χ0n) is 15.8. The molecular weight excluding hydrogens is 312 g/mol. The molecule has 2 aromatic rings. The van der Waals surface area contributed by atoms with E-state index in [0.717, 1.165) is 37.8 Å². The first-order valence-electron chi connectivity index (χ1n) is 8.88. The highest BCUT2D eigenvalue weighted by Gasteiger charge is 2.07. The van der Waals surface area contributed by atoms with Gasteiger partial charge in [0.2, 0.25) is 0 Å². The van der Waals surface area contributed by atoms with E-state index in [2.05, 4.69) is 63.7 Å². The average molecular weight is 342 g/mol. The summed E-state index contributed by atoms with van der Waals surface area (Å²) in [6, 6.07) is 10.6. The fraction of sp³-hybridized carbons (Fsp3) is 0.474. The third-order valence-electron chi connectivity index (χ3n) is 4.44. The smallest absolute Gasteiger partial charge is 0.191 e. The van der Waals surface area contributed by atoms with E-state index in [1.165, 1.54) is 11.1 Å². The molecule has 0 unspecified atom stereocenters. The van der Waals surface area contributed by atoms with Crippen LogP contribution in [0.15, 0.2) is 41.5 Å². The Hall–Kier alpha value is -2.34. The van der Waals surface area contributed by atoms with Crippen LogP contribution in [0.3, 0.4) is 0 Å². The molecule has 1 heterocycles. The SMILES string of the molecule is CCN(CC)Cc1ccccc1CNC(=NC)NCc1ccnn1C. The molecule has 1 aromatic carbocycles. The van der Waals surface area contributed by atoms with E-state index in [1.54, 1.807) is 13.2 Å². The molecule has 6 nitrogen and oxygen atoms in total. The van der Waals surface area contributed by atoms with Crippen molar-refractivity contribution in [3.8, 4) is 0 Å². The summed E-state index contributed by atoms with van der Waals surface area (Å²) in [7, 11) is 3.73. The van der Waals surface area contributed by atoms with Crippen molar-refractivity contribution < 1.29 is 0 Å². The zero-order valence-corrected chi connectivity index (χ0v) is 15.8. The lowest BCUT2D eigenvalue weighted by Crippen LogP contribution is -2.37. The third kappa shape index (κ3) is 5.60. The summed E-state index contributed by atoms with van der Waals surface area (Å²) in [6.07, 6.45) is 1.80. The number of aliphatic imine (C=N–C) groups is 1. The van der Waals surface area contributed by atoms with Gasteiger partial charge in [-0.1, -0.05) is 38.1 Å². The van der Waals surface area contributed by atoms with Gasteiger partial charge >= 0.3 is 0 Å². The average Bonchev–Trinajstić information content (AvgIpc) is 3.05. The summed E-state index contributed by atoms with van der Waals surface area (Å²) in [5.74, 6) is 0.791.